The molecule has 1 aromatic carbocycles. The molecule has 0 spiro atoms. The molecule has 1 aliphatic heterocycles. The Bertz CT molecular complexity index is 354. The fourth-order valence-corrected chi connectivity index (χ4v) is 2.31. The van der Waals surface area contributed by atoms with Crippen molar-refractivity contribution in [1.82, 2.24) is 4.90 Å². The molecule has 0 fully saturated rings. The molecule has 2 N–H and O–H groups in total. The summed E-state index contributed by atoms with van der Waals surface area (Å²) in [7, 11) is 0. The molecule has 0 bridgehead atoms. The van der Waals surface area contributed by atoms with Crippen LogP contribution in [0.3, 0.4) is 0 Å². The van der Waals surface area contributed by atoms with E-state index in [9.17, 15) is 5.11 Å². The van der Waals surface area contributed by atoms with Crippen LogP contribution in [0.5, 0.6) is 0 Å². The van der Waals surface area contributed by atoms with E-state index in [0.717, 1.165) is 13.0 Å². The highest BCUT2D eigenvalue weighted by Gasteiger charge is 2.23. The molecular weight excluding hydrogens is 202 g/mol. The van der Waals surface area contributed by atoms with Gasteiger partial charge in [-0.1, -0.05) is 24.3 Å². The third-order valence-corrected chi connectivity index (χ3v) is 3.29. The summed E-state index contributed by atoms with van der Waals surface area (Å²) < 4.78 is 0. The van der Waals surface area contributed by atoms with Gasteiger partial charge in [0.2, 0.25) is 0 Å². The quantitative estimate of drug-likeness (QED) is 0.793. The minimum atomic E-state index is -0.632. The topological polar surface area (TPSA) is 43.7 Å². The molecule has 1 aliphatic rings. The molecule has 0 aromatic heterocycles. The molecule has 0 aliphatic carbocycles. The van der Waals surface area contributed by atoms with E-state index in [0.29, 0.717) is 12.6 Å². The standard InChI is InChI=1S/C13H19NO2/c1-10-6-11-4-2-3-5-12(11)7-14(10)8-13(16)9-15/h2-5,10,13,15-16H,6-9H2,1H3. The number of aliphatic hydroxyl groups excluding tert-OH is 2. The SMILES string of the molecule is CC1Cc2ccccc2CN1CC(O)CO. The molecule has 2 rings (SSSR count). The van der Waals surface area contributed by atoms with Crippen molar-refractivity contribution < 1.29 is 10.2 Å². The van der Waals surface area contributed by atoms with Crippen LogP contribution < -0.4 is 0 Å². The first-order valence-corrected chi connectivity index (χ1v) is 5.80. The van der Waals surface area contributed by atoms with Gasteiger partial charge in [0.15, 0.2) is 0 Å². The lowest BCUT2D eigenvalue weighted by atomic mass is 9.94. The van der Waals surface area contributed by atoms with Crippen molar-refractivity contribution in [1.29, 1.82) is 0 Å². The van der Waals surface area contributed by atoms with Gasteiger partial charge in [0.25, 0.3) is 0 Å². The lowest BCUT2D eigenvalue weighted by molar-refractivity contribution is 0.0406. The van der Waals surface area contributed by atoms with Crippen LogP contribution in [0.25, 0.3) is 0 Å². The number of nitrogens with zero attached hydrogens (tertiary/aromatic N) is 1. The van der Waals surface area contributed by atoms with Gasteiger partial charge < -0.3 is 10.2 Å². The molecule has 0 saturated carbocycles. The van der Waals surface area contributed by atoms with Gasteiger partial charge in [0, 0.05) is 19.1 Å². The molecular formula is C13H19NO2. The van der Waals surface area contributed by atoms with Crippen LogP contribution in [0, 0.1) is 0 Å². The largest absolute Gasteiger partial charge is 0.394 e. The molecule has 88 valence electrons. The van der Waals surface area contributed by atoms with E-state index < -0.39 is 6.10 Å². The summed E-state index contributed by atoms with van der Waals surface area (Å²) in [6.07, 6.45) is 0.390. The fourth-order valence-electron chi connectivity index (χ4n) is 2.31. The van der Waals surface area contributed by atoms with Gasteiger partial charge in [-0.25, -0.2) is 0 Å². The molecule has 1 heterocycles. The Kier molecular flexibility index (Phi) is 3.59. The van der Waals surface area contributed by atoms with Crippen molar-refractivity contribution >= 4 is 0 Å². The zero-order chi connectivity index (χ0) is 11.5. The number of rotatable bonds is 3. The number of benzene rings is 1. The monoisotopic (exact) mass is 221 g/mol. The first kappa shape index (κ1) is 11.6. The van der Waals surface area contributed by atoms with Gasteiger partial charge in [-0.2, -0.15) is 0 Å². The molecule has 1 aromatic rings. The van der Waals surface area contributed by atoms with Crippen LogP contribution in [0.15, 0.2) is 24.3 Å². The van der Waals surface area contributed by atoms with E-state index in [1.54, 1.807) is 0 Å². The van der Waals surface area contributed by atoms with Crippen LogP contribution in [0.1, 0.15) is 18.1 Å². The average Bonchev–Trinajstić information content (AvgIpc) is 2.30. The van der Waals surface area contributed by atoms with Crippen molar-refractivity contribution in [3.63, 3.8) is 0 Å². The highest BCUT2D eigenvalue weighted by atomic mass is 16.3. The van der Waals surface area contributed by atoms with Crippen molar-refractivity contribution in [2.24, 2.45) is 0 Å². The zero-order valence-corrected chi connectivity index (χ0v) is 9.63. The molecule has 16 heavy (non-hydrogen) atoms. The molecule has 0 amide bonds. The fraction of sp³-hybridized carbons (Fsp3) is 0.538. The highest BCUT2D eigenvalue weighted by Crippen LogP contribution is 2.22. The van der Waals surface area contributed by atoms with Gasteiger partial charge in [-0.15, -0.1) is 0 Å². The van der Waals surface area contributed by atoms with Gasteiger partial charge >= 0.3 is 0 Å². The minimum Gasteiger partial charge on any atom is -0.394 e. The van der Waals surface area contributed by atoms with Crippen molar-refractivity contribution in [2.75, 3.05) is 13.2 Å². The molecule has 2 unspecified atom stereocenters. The summed E-state index contributed by atoms with van der Waals surface area (Å²) in [5, 5.41) is 18.4. The summed E-state index contributed by atoms with van der Waals surface area (Å²) in [5.74, 6) is 0. The lowest BCUT2D eigenvalue weighted by Gasteiger charge is -2.35. The summed E-state index contributed by atoms with van der Waals surface area (Å²) in [6, 6.07) is 8.86. The molecule has 2 atom stereocenters. The number of aliphatic hydroxyl groups is 2. The maximum atomic E-state index is 9.48. The van der Waals surface area contributed by atoms with Gasteiger partial charge in [-0.05, 0) is 24.5 Å². The number of β-amino-alcohol motifs (C(OH)–C–C–N with tert-alkyl or cyclic N) is 1. The van der Waals surface area contributed by atoms with Crippen LogP contribution in [-0.4, -0.2) is 40.4 Å². The Balaban J connectivity index is 2.09. The first-order chi connectivity index (χ1) is 7.70. The van der Waals surface area contributed by atoms with Crippen molar-refractivity contribution in [3.8, 4) is 0 Å². The maximum absolute atomic E-state index is 9.48. The summed E-state index contributed by atoms with van der Waals surface area (Å²) in [4.78, 5) is 2.23. The Morgan fingerprint density at radius 3 is 2.75 bits per heavy atom. The Morgan fingerprint density at radius 2 is 2.06 bits per heavy atom. The minimum absolute atomic E-state index is 0.162. The number of hydrogen-bond donors (Lipinski definition) is 2. The highest BCUT2D eigenvalue weighted by molar-refractivity contribution is 5.29. The predicted molar refractivity (Wildman–Crippen MR) is 63.1 cm³/mol. The molecule has 3 heteroatoms. The van der Waals surface area contributed by atoms with Gasteiger partial charge in [-0.3, -0.25) is 4.90 Å². The van der Waals surface area contributed by atoms with E-state index >= 15 is 0 Å². The van der Waals surface area contributed by atoms with E-state index in [1.165, 1.54) is 11.1 Å². The smallest absolute Gasteiger partial charge is 0.0897 e. The first-order valence-electron chi connectivity index (χ1n) is 5.80. The summed E-state index contributed by atoms with van der Waals surface area (Å²) >= 11 is 0. The maximum Gasteiger partial charge on any atom is 0.0897 e. The van der Waals surface area contributed by atoms with E-state index in [-0.39, 0.29) is 6.61 Å². The second-order valence-electron chi connectivity index (χ2n) is 4.59. The third kappa shape index (κ3) is 2.43. The second-order valence-corrected chi connectivity index (χ2v) is 4.59. The van der Waals surface area contributed by atoms with Crippen LogP contribution >= 0.6 is 0 Å². The Labute approximate surface area is 96.3 Å². The molecule has 0 radical (unpaired) electrons. The van der Waals surface area contributed by atoms with Crippen LogP contribution in [0.2, 0.25) is 0 Å². The average molecular weight is 221 g/mol. The molecule has 3 nitrogen and oxygen atoms in total. The van der Waals surface area contributed by atoms with Crippen LogP contribution in [0.4, 0.5) is 0 Å². The Morgan fingerprint density at radius 1 is 1.38 bits per heavy atom. The summed E-state index contributed by atoms with van der Waals surface area (Å²) in [6.45, 7) is 3.42. The van der Waals surface area contributed by atoms with Crippen LogP contribution in [-0.2, 0) is 13.0 Å². The van der Waals surface area contributed by atoms with E-state index in [4.69, 9.17) is 5.11 Å². The van der Waals surface area contributed by atoms with E-state index in [1.807, 2.05) is 0 Å². The van der Waals surface area contributed by atoms with Crippen molar-refractivity contribution in [2.45, 2.75) is 32.0 Å². The third-order valence-electron chi connectivity index (χ3n) is 3.29. The predicted octanol–water partition coefficient (Wildman–Crippen LogP) is 0.786. The van der Waals surface area contributed by atoms with Crippen molar-refractivity contribution in [3.05, 3.63) is 35.4 Å². The number of hydrogen-bond acceptors (Lipinski definition) is 3. The number of fused-ring (bicyclic) bond motifs is 1. The van der Waals surface area contributed by atoms with Gasteiger partial charge in [0.1, 0.15) is 0 Å². The second kappa shape index (κ2) is 4.95. The van der Waals surface area contributed by atoms with Gasteiger partial charge in [0.05, 0.1) is 12.7 Å². The normalized spacial score (nSPS) is 22.8. The Hall–Kier alpha value is -0.900. The zero-order valence-electron chi connectivity index (χ0n) is 9.63. The lowest BCUT2D eigenvalue weighted by Crippen LogP contribution is -2.43. The summed E-state index contributed by atoms with van der Waals surface area (Å²) in [5.41, 5.74) is 2.75. The van der Waals surface area contributed by atoms with E-state index in [2.05, 4.69) is 36.1 Å². The molecule has 0 saturated heterocycles.